The predicted molar refractivity (Wildman–Crippen MR) is 128 cm³/mol. The van der Waals surface area contributed by atoms with E-state index < -0.39 is 12.9 Å². The van der Waals surface area contributed by atoms with Crippen LogP contribution in [0.5, 0.6) is 0 Å². The lowest BCUT2D eigenvalue weighted by atomic mass is 10.1. The summed E-state index contributed by atoms with van der Waals surface area (Å²) in [6, 6.07) is 0. The maximum atomic E-state index is 11.8. The zero-order valence-corrected chi connectivity index (χ0v) is 21.0. The van der Waals surface area contributed by atoms with Gasteiger partial charge in [0.05, 0.1) is 21.1 Å². The minimum absolute atomic E-state index is 0.0528. The van der Waals surface area contributed by atoms with Crippen molar-refractivity contribution in [1.29, 1.82) is 0 Å². The average Bonchev–Trinajstić information content (AvgIpc) is 2.62. The summed E-state index contributed by atoms with van der Waals surface area (Å²) in [5, 5.41) is 8.60. The molecule has 0 aromatic rings. The van der Waals surface area contributed by atoms with E-state index in [1.165, 1.54) is 38.5 Å². The second-order valence-electron chi connectivity index (χ2n) is 9.65. The lowest BCUT2D eigenvalue weighted by molar-refractivity contribution is -0.875. The number of likely N-dealkylation sites (N-methyl/N-ethyl adjacent to an activating group) is 1. The van der Waals surface area contributed by atoms with Gasteiger partial charge in [-0.1, -0.05) is 63.3 Å². The van der Waals surface area contributed by atoms with Gasteiger partial charge in [-0.05, 0) is 57.8 Å². The molecule has 1 atom stereocenters. The first-order valence-corrected chi connectivity index (χ1v) is 13.5. The van der Waals surface area contributed by atoms with Gasteiger partial charge >= 0.3 is 7.60 Å². The van der Waals surface area contributed by atoms with Crippen molar-refractivity contribution in [2.24, 2.45) is 0 Å². The molecule has 5 nitrogen and oxygen atoms in total. The first-order chi connectivity index (χ1) is 14.0. The van der Waals surface area contributed by atoms with Gasteiger partial charge in [0, 0.05) is 0 Å². The van der Waals surface area contributed by atoms with E-state index in [2.05, 4.69) is 31.2 Å². The molecule has 0 aliphatic carbocycles. The summed E-state index contributed by atoms with van der Waals surface area (Å²) in [5.74, 6) is 0. The molecular weight excluding hydrogens is 397 g/mol. The molecule has 1 unspecified atom stereocenters. The fraction of sp³-hybridized carbons (Fsp3) is 0.833. The Kier molecular flexibility index (Phi) is 16.0. The number of nitrogens with zero attached hydrogens (tertiary/aromatic N) is 1. The van der Waals surface area contributed by atoms with E-state index in [9.17, 15) is 19.5 Å². The second kappa shape index (κ2) is 16.2. The normalized spacial score (nSPS) is 15.3. The Morgan fingerprint density at radius 1 is 0.733 bits per heavy atom. The molecule has 0 aliphatic heterocycles. The van der Waals surface area contributed by atoms with Crippen LogP contribution in [0.15, 0.2) is 24.3 Å². The van der Waals surface area contributed by atoms with Gasteiger partial charge in [-0.25, -0.2) is 0 Å². The van der Waals surface area contributed by atoms with Crippen LogP contribution in [0.2, 0.25) is 0 Å². The number of rotatable bonds is 19. The van der Waals surface area contributed by atoms with Crippen LogP contribution in [-0.2, 0) is 4.57 Å². The van der Waals surface area contributed by atoms with Crippen LogP contribution in [0.4, 0.5) is 0 Å². The summed E-state index contributed by atoms with van der Waals surface area (Å²) in [6.07, 6.45) is 24.0. The monoisotopic (exact) mass is 446 g/mol. The summed E-state index contributed by atoms with van der Waals surface area (Å²) in [5.41, 5.74) is 0. The van der Waals surface area contributed by atoms with Gasteiger partial charge in [-0.3, -0.25) is 4.57 Å². The number of aliphatic hydroxyl groups is 1. The Labute approximate surface area is 186 Å². The molecule has 0 spiro atoms. The van der Waals surface area contributed by atoms with Crippen molar-refractivity contribution < 1.29 is 23.9 Å². The van der Waals surface area contributed by atoms with E-state index in [0.717, 1.165) is 38.5 Å². The summed E-state index contributed by atoms with van der Waals surface area (Å²) in [4.78, 5) is 19.2. The Morgan fingerprint density at radius 3 is 1.57 bits per heavy atom. The van der Waals surface area contributed by atoms with Crippen molar-refractivity contribution >= 4 is 7.60 Å². The quantitative estimate of drug-likeness (QED) is 0.0962. The van der Waals surface area contributed by atoms with E-state index in [4.69, 9.17) is 0 Å². The minimum Gasteiger partial charge on any atom is -0.373 e. The Morgan fingerprint density at radius 2 is 1.13 bits per heavy atom. The summed E-state index contributed by atoms with van der Waals surface area (Å²) in [6.45, 7) is 2.28. The molecule has 0 aromatic heterocycles. The smallest absolute Gasteiger partial charge is 0.362 e. The topological polar surface area (TPSA) is 77.8 Å². The zero-order chi connectivity index (χ0) is 22.9. The molecule has 0 fully saturated rings. The van der Waals surface area contributed by atoms with E-state index in [-0.39, 0.29) is 13.0 Å². The van der Waals surface area contributed by atoms with Crippen LogP contribution in [0, 0.1) is 0 Å². The molecule has 0 rings (SSSR count). The molecule has 0 bridgehead atoms. The van der Waals surface area contributed by atoms with Crippen LogP contribution in [0.25, 0.3) is 0 Å². The van der Waals surface area contributed by atoms with Crippen molar-refractivity contribution in [3.63, 3.8) is 0 Å². The highest BCUT2D eigenvalue weighted by Crippen LogP contribution is 2.52. The van der Waals surface area contributed by atoms with Crippen molar-refractivity contribution in [3.05, 3.63) is 24.3 Å². The van der Waals surface area contributed by atoms with Crippen LogP contribution in [0.3, 0.4) is 0 Å². The van der Waals surface area contributed by atoms with Crippen molar-refractivity contribution in [3.8, 4) is 0 Å². The summed E-state index contributed by atoms with van der Waals surface area (Å²) < 4.78 is 12.1. The number of allylic oxidation sites excluding steroid dienone is 4. The molecule has 6 heteroatoms. The highest BCUT2D eigenvalue weighted by molar-refractivity contribution is 7.53. The van der Waals surface area contributed by atoms with Gasteiger partial charge in [-0.15, -0.1) is 0 Å². The molecule has 30 heavy (non-hydrogen) atoms. The fourth-order valence-electron chi connectivity index (χ4n) is 3.59. The summed E-state index contributed by atoms with van der Waals surface area (Å²) >= 11 is 0. The lowest BCUT2D eigenvalue weighted by Gasteiger charge is -2.35. The van der Waals surface area contributed by atoms with Gasteiger partial charge in [-0.2, -0.15) is 0 Å². The van der Waals surface area contributed by atoms with E-state index in [1.54, 1.807) is 0 Å². The molecule has 3 N–H and O–H groups in total. The predicted octanol–water partition coefficient (Wildman–Crippen LogP) is 6.15. The Hall–Kier alpha value is -0.450. The molecule has 0 aliphatic rings. The standard InChI is InChI=1S/C24H48NO4P/c1-5-6-7-8-9-10-11-12-13-14-15-16-17-18-19-20-21-22-24(26,30(27,28)29)23-25(2,3)4/h8-9,14-15,26H,5-7,10-13,16-23H2,1-4H3,(H-,27,28,29)/p+1/b9-8-,15-14-. The van der Waals surface area contributed by atoms with E-state index >= 15 is 0 Å². The van der Waals surface area contributed by atoms with Gasteiger partial charge in [0.1, 0.15) is 6.54 Å². The second-order valence-corrected chi connectivity index (χ2v) is 11.6. The molecule has 0 amide bonds. The molecule has 0 heterocycles. The first kappa shape index (κ1) is 29.5. The fourth-order valence-corrected chi connectivity index (χ4v) is 4.65. The highest BCUT2D eigenvalue weighted by Gasteiger charge is 2.48. The average molecular weight is 447 g/mol. The van der Waals surface area contributed by atoms with Gasteiger partial charge in [0.25, 0.3) is 0 Å². The van der Waals surface area contributed by atoms with Gasteiger partial charge in [0.15, 0.2) is 0 Å². The maximum absolute atomic E-state index is 11.8. The van der Waals surface area contributed by atoms with Crippen molar-refractivity contribution in [2.75, 3.05) is 27.7 Å². The summed E-state index contributed by atoms with van der Waals surface area (Å²) in [7, 11) is 0.951. The molecule has 0 radical (unpaired) electrons. The number of hydrogen-bond acceptors (Lipinski definition) is 2. The van der Waals surface area contributed by atoms with Crippen LogP contribution in [0.1, 0.15) is 96.8 Å². The largest absolute Gasteiger partial charge is 0.373 e. The van der Waals surface area contributed by atoms with Crippen LogP contribution in [-0.4, -0.2) is 52.4 Å². The number of unbranched alkanes of at least 4 members (excludes halogenated alkanes) is 10. The Balaban J connectivity index is 3.74. The lowest BCUT2D eigenvalue weighted by Crippen LogP contribution is -2.49. The molecule has 0 saturated carbocycles. The molecule has 0 aromatic carbocycles. The third-order valence-electron chi connectivity index (χ3n) is 5.27. The third-order valence-corrected chi connectivity index (χ3v) is 6.72. The van der Waals surface area contributed by atoms with Crippen LogP contribution < -0.4 is 0 Å². The Bertz CT molecular complexity index is 522. The van der Waals surface area contributed by atoms with Crippen molar-refractivity contribution in [2.45, 2.75) is 102 Å². The molecular formula is C24H49NO4P+. The molecule has 0 saturated heterocycles. The van der Waals surface area contributed by atoms with Gasteiger partial charge in [0.2, 0.25) is 5.34 Å². The van der Waals surface area contributed by atoms with Gasteiger partial charge < -0.3 is 19.4 Å². The van der Waals surface area contributed by atoms with E-state index in [1.807, 2.05) is 21.1 Å². The number of quaternary nitrogens is 1. The number of hydrogen-bond donors (Lipinski definition) is 3. The van der Waals surface area contributed by atoms with Crippen molar-refractivity contribution in [1.82, 2.24) is 0 Å². The maximum Gasteiger partial charge on any atom is 0.362 e. The zero-order valence-electron chi connectivity index (χ0n) is 20.1. The molecule has 178 valence electrons. The first-order valence-electron chi connectivity index (χ1n) is 11.9. The highest BCUT2D eigenvalue weighted by atomic mass is 31.2. The van der Waals surface area contributed by atoms with E-state index in [0.29, 0.717) is 10.9 Å². The third kappa shape index (κ3) is 16.3. The van der Waals surface area contributed by atoms with Crippen LogP contribution >= 0.6 is 7.60 Å². The minimum atomic E-state index is -4.55. The SMILES string of the molecule is CCCC/C=C\CCCC/C=C\CCCCCCCC(O)(C[N+](C)(C)C)P(=O)(O)O.